The molecule has 0 aliphatic heterocycles. The SMILES string of the molecule is [2H]c1c([2H])c([2H])c(-c2cc(-c3cccc(C(C)(C)C)c3)c(-[n+]3[c-]n(-c4cccc(Oc5ccc6c7ccccc7n(-c7cc(C([2H])([2H])[2H])c(-c8c([2H])c([2H])c([2H])c([2H])c8[2H])cn7)c6c5)c4)c4cc(-c5c(C([2H])([2H])[2H])cccc5C([2H])([2H])[2H])ccc43)c([Si](c3c([2H])c([2H])c([2H])c([2H])c3[2H])(c3c([2H])c([2H])c([2H])c([2H])c3[2H])c3c([2H])c([2H])c([2H])c([2H])c3[2H])c2)c([2H])c1[2H]. The number of pyridine rings is 1. The van der Waals surface area contributed by atoms with E-state index in [1.807, 2.05) is 26.8 Å². The number of imidazole rings is 1. The van der Waals surface area contributed by atoms with Crippen molar-refractivity contribution in [3.8, 4) is 73.2 Å². The molecule has 3 aromatic heterocycles. The van der Waals surface area contributed by atoms with Gasteiger partial charge in [0.2, 0.25) is 0 Å². The molecule has 15 aromatic rings. The molecule has 0 amide bonds. The second kappa shape index (κ2) is 23.2. The zero-order chi connectivity index (χ0) is 91.1. The molecule has 12 aromatic carbocycles. The number of ether oxygens (including phenoxy) is 1. The summed E-state index contributed by atoms with van der Waals surface area (Å²) in [4.78, 5) is 4.71. The summed E-state index contributed by atoms with van der Waals surface area (Å²) in [7, 11) is -6.53. The molecule has 0 saturated heterocycles. The molecule has 0 saturated carbocycles. The first-order valence-electron chi connectivity index (χ1n) is 45.6. The highest BCUT2D eigenvalue weighted by Crippen LogP contribution is 2.39. The number of rotatable bonds is 13. The molecule has 5 nitrogen and oxygen atoms in total. The summed E-state index contributed by atoms with van der Waals surface area (Å²) >= 11 is 0. The summed E-state index contributed by atoms with van der Waals surface area (Å²) in [5, 5.41) is -2.30. The highest BCUT2D eigenvalue weighted by molar-refractivity contribution is 7.20. The zero-order valence-electron chi connectivity index (χ0n) is 82.6. The summed E-state index contributed by atoms with van der Waals surface area (Å²) in [6.45, 7) is -3.38. The second-order valence-corrected chi connectivity index (χ2v) is 26.0. The van der Waals surface area contributed by atoms with Crippen LogP contribution in [0.25, 0.3) is 94.5 Å². The van der Waals surface area contributed by atoms with E-state index in [0.29, 0.717) is 27.4 Å². The van der Waals surface area contributed by atoms with E-state index in [0.717, 1.165) is 12.3 Å². The van der Waals surface area contributed by atoms with E-state index >= 15 is 0 Å². The second-order valence-electron chi connectivity index (χ2n) is 22.4. The predicted octanol–water partition coefficient (Wildman–Crippen LogP) is 18.3. The Morgan fingerprint density at radius 3 is 1.76 bits per heavy atom. The Hall–Kier alpha value is -10.9. The van der Waals surface area contributed by atoms with Crippen LogP contribution in [0.2, 0.25) is 0 Å². The fourth-order valence-corrected chi connectivity index (χ4v) is 15.9. The Balaban J connectivity index is 1.11. The van der Waals surface area contributed by atoms with Gasteiger partial charge in [0.1, 0.15) is 17.3 Å². The number of aromatic nitrogens is 4. The topological polar surface area (TPSA) is 35.9 Å². The number of fused-ring (bicyclic) bond motifs is 4. The summed E-state index contributed by atoms with van der Waals surface area (Å²) in [5.41, 5.74) is -2.88. The zero-order valence-corrected chi connectivity index (χ0v) is 49.6. The third-order valence-corrected chi connectivity index (χ3v) is 20.2. The van der Waals surface area contributed by atoms with Crippen molar-refractivity contribution in [2.75, 3.05) is 0 Å². The molecule has 0 N–H and O–H groups in total. The first-order chi connectivity index (χ1) is 58.5. The van der Waals surface area contributed by atoms with Crippen LogP contribution >= 0.6 is 0 Å². The lowest BCUT2D eigenvalue weighted by Gasteiger charge is -2.37. The monoisotopic (exact) mass is 1220 g/mol. The molecule has 0 spiro atoms. The molecule has 438 valence electrons. The highest BCUT2D eigenvalue weighted by atomic mass is 28.3. The fourth-order valence-electron chi connectivity index (χ4n) is 11.9. The first-order valence-corrected chi connectivity index (χ1v) is 30.6. The molecule has 0 aliphatic rings. The molecule has 0 bridgehead atoms. The van der Waals surface area contributed by atoms with Gasteiger partial charge in [0.05, 0.1) is 67.7 Å². The molecule has 0 atom stereocenters. The van der Waals surface area contributed by atoms with Gasteiger partial charge in [0.25, 0.3) is 6.33 Å². The van der Waals surface area contributed by atoms with Crippen molar-refractivity contribution < 1.29 is 55.9 Å². The molecule has 6 heteroatoms. The number of aryl methyl sites for hydroxylation is 3. The van der Waals surface area contributed by atoms with Crippen LogP contribution in [0.1, 0.15) is 89.6 Å². The van der Waals surface area contributed by atoms with Crippen LogP contribution in [0, 0.1) is 26.9 Å². The molecule has 0 unspecified atom stereocenters. The Morgan fingerprint density at radius 2 is 1.09 bits per heavy atom. The number of benzene rings is 12. The maximum atomic E-state index is 10.3. The quantitative estimate of drug-likeness (QED) is 0.0499. The van der Waals surface area contributed by atoms with Crippen molar-refractivity contribution in [3.63, 3.8) is 0 Å². The maximum absolute atomic E-state index is 10.3. The molecular weight excluding hydrogens is 1120 g/mol. The van der Waals surface area contributed by atoms with E-state index in [4.69, 9.17) is 34.4 Å². The number of hydrogen-bond donors (Lipinski definition) is 0. The van der Waals surface area contributed by atoms with Gasteiger partial charge in [-0.25, -0.2) is 4.98 Å². The molecule has 91 heavy (non-hydrogen) atoms. The summed E-state index contributed by atoms with van der Waals surface area (Å²) in [6.07, 6.45) is 4.57. The van der Waals surface area contributed by atoms with Gasteiger partial charge in [-0.05, 0) is 163 Å². The lowest BCUT2D eigenvalue weighted by Crippen LogP contribution is -2.76. The van der Waals surface area contributed by atoms with Gasteiger partial charge in [-0.1, -0.05) is 257 Å². The van der Waals surface area contributed by atoms with Crippen molar-refractivity contribution in [2.24, 2.45) is 0 Å². The van der Waals surface area contributed by atoms with Crippen molar-refractivity contribution >= 4 is 61.7 Å². The van der Waals surface area contributed by atoms with Gasteiger partial charge in [0, 0.05) is 40.9 Å². The minimum atomic E-state index is -6.53. The average Bonchev–Trinajstić information content (AvgIpc) is 1.44. The third kappa shape index (κ3) is 10.2. The molecule has 0 radical (unpaired) electrons. The maximum Gasteiger partial charge on any atom is 0.269 e. The molecular formula is C85H68N4OSi. The van der Waals surface area contributed by atoms with E-state index in [1.165, 1.54) is 63.7 Å². The summed E-state index contributed by atoms with van der Waals surface area (Å²) < 4.78 is 327. The largest absolute Gasteiger partial charge is 0.458 e. The minimum Gasteiger partial charge on any atom is -0.458 e. The van der Waals surface area contributed by atoms with Gasteiger partial charge in [-0.3, -0.25) is 13.7 Å². The van der Waals surface area contributed by atoms with Gasteiger partial charge in [-0.15, -0.1) is 0 Å². The van der Waals surface area contributed by atoms with Gasteiger partial charge in [0.15, 0.2) is 8.07 Å². The van der Waals surface area contributed by atoms with Crippen LogP contribution in [-0.4, -0.2) is 22.2 Å². The Labute approximate surface area is 581 Å². The smallest absolute Gasteiger partial charge is 0.269 e. The molecule has 3 heterocycles. The van der Waals surface area contributed by atoms with Crippen LogP contribution in [0.5, 0.6) is 11.5 Å². The average molecular weight is 1220 g/mol. The number of nitrogens with zero attached hydrogens (tertiary/aromatic N) is 4. The van der Waals surface area contributed by atoms with Gasteiger partial charge >= 0.3 is 0 Å². The van der Waals surface area contributed by atoms with E-state index in [1.54, 1.807) is 83.4 Å². The van der Waals surface area contributed by atoms with Crippen molar-refractivity contribution in [1.82, 2.24) is 14.1 Å². The molecule has 0 fully saturated rings. The molecule has 15 rings (SSSR count). The molecule has 0 aliphatic carbocycles. The lowest BCUT2D eigenvalue weighted by molar-refractivity contribution is -0.570. The lowest BCUT2D eigenvalue weighted by atomic mass is 9.85. The number of para-hydroxylation sites is 1. The van der Waals surface area contributed by atoms with Crippen molar-refractivity contribution in [2.45, 2.75) is 46.7 Å². The van der Waals surface area contributed by atoms with Crippen LogP contribution < -0.4 is 30.1 Å². The van der Waals surface area contributed by atoms with Crippen LogP contribution in [0.4, 0.5) is 0 Å². The Kier molecular flexibility index (Phi) is 7.79. The Bertz CT molecular complexity index is 6820. The van der Waals surface area contributed by atoms with Crippen LogP contribution in [-0.2, 0) is 5.41 Å². The normalized spacial score (nSPS) is 17.6. The van der Waals surface area contributed by atoms with Crippen molar-refractivity contribution in [1.29, 1.82) is 0 Å². The van der Waals surface area contributed by atoms with E-state index in [9.17, 15) is 21.9 Å². The third-order valence-electron chi connectivity index (χ3n) is 16.0. The van der Waals surface area contributed by atoms with Crippen LogP contribution in [0.3, 0.4) is 0 Å². The van der Waals surface area contributed by atoms with Gasteiger partial charge < -0.3 is 4.74 Å². The fraction of sp³-hybridized carbons (Fsp3) is 0.0824. The van der Waals surface area contributed by atoms with E-state index < -0.39 is 234 Å². The summed E-state index contributed by atoms with van der Waals surface area (Å²) in [6, 6.07) is 11.8. The Morgan fingerprint density at radius 1 is 0.473 bits per heavy atom. The number of hydrogen-bond acceptors (Lipinski definition) is 2. The predicted molar refractivity (Wildman–Crippen MR) is 381 cm³/mol. The van der Waals surface area contributed by atoms with E-state index in [2.05, 4.69) is 6.33 Å². The standard InChI is InChI=1S/C85H68N4OSi/c1-58-27-24-28-59(2)83(58)64-45-48-78-80(52-64)87(67-35-26-36-68(54-67)90-69-46-47-74-73-43-22-23-44-77(73)89(79(74)55-69)82-49-60(3)76(56-86-82)62-31-14-8-15-32-62)57-88(78)84-75(63-33-25-34-66(50-63)85(4,5)6)51-65(61-29-12-7-13-30-61)53-81(84)91(70-37-16-9-17-38-70,71-39-18-10-19-40-71)72-41-20-11-21-42-72/h7-56H,1-6H3/i1D3,2D3,3D3,7D,8D,9D,10D,11D,12D,13D,14D,15D,16D,17D,18D,19D,20D,21D,29D,30D,31D,32D,37D,38D,39D,40D,41D,42D. The van der Waals surface area contributed by atoms with E-state index in [-0.39, 0.29) is 73.1 Å². The summed E-state index contributed by atoms with van der Waals surface area (Å²) in [5.74, 6) is 0.200. The first kappa shape index (κ1) is 30.5. The van der Waals surface area contributed by atoms with Crippen LogP contribution in [0.15, 0.2) is 303 Å². The minimum absolute atomic E-state index is 0.0274. The van der Waals surface area contributed by atoms with Crippen molar-refractivity contribution in [3.05, 3.63) is 331 Å². The van der Waals surface area contributed by atoms with Gasteiger partial charge in [-0.2, -0.15) is 0 Å². The highest BCUT2D eigenvalue weighted by Gasteiger charge is 2.44.